The van der Waals surface area contributed by atoms with Crippen molar-refractivity contribution in [3.8, 4) is 0 Å². The van der Waals surface area contributed by atoms with Gasteiger partial charge in [0.15, 0.2) is 0 Å². The van der Waals surface area contributed by atoms with Gasteiger partial charge in [-0.2, -0.15) is 0 Å². The second-order valence-corrected chi connectivity index (χ2v) is 5.46. The van der Waals surface area contributed by atoms with Gasteiger partial charge in [0.25, 0.3) is 5.91 Å². The van der Waals surface area contributed by atoms with Crippen molar-refractivity contribution in [2.24, 2.45) is 5.92 Å². The summed E-state index contributed by atoms with van der Waals surface area (Å²) >= 11 is 0. The third-order valence-electron chi connectivity index (χ3n) is 4.05. The fraction of sp³-hybridized carbons (Fsp3) is 0.733. The molecule has 0 bridgehead atoms. The molecule has 0 atom stereocenters. The Hall–Kier alpha value is -1.07. The van der Waals surface area contributed by atoms with Crippen molar-refractivity contribution < 1.29 is 9.32 Å². The molecule has 0 radical (unpaired) electrons. The zero-order valence-corrected chi connectivity index (χ0v) is 14.0. The lowest BCUT2D eigenvalue weighted by Gasteiger charge is -2.32. The Morgan fingerprint density at radius 1 is 1.38 bits per heavy atom. The van der Waals surface area contributed by atoms with Crippen LogP contribution in [0.25, 0.3) is 0 Å². The molecule has 1 aromatic heterocycles. The summed E-state index contributed by atoms with van der Waals surface area (Å²) in [5, 5.41) is 7.31. The monoisotopic (exact) mass is 315 g/mol. The number of hydrogen-bond donors (Lipinski definition) is 1. The van der Waals surface area contributed by atoms with Gasteiger partial charge in [-0.3, -0.25) is 4.79 Å². The van der Waals surface area contributed by atoms with E-state index in [1.54, 1.807) is 0 Å². The van der Waals surface area contributed by atoms with Crippen LogP contribution in [0.3, 0.4) is 0 Å². The lowest BCUT2D eigenvalue weighted by Crippen LogP contribution is -2.41. The Morgan fingerprint density at radius 3 is 2.62 bits per heavy atom. The molecule has 0 aliphatic carbocycles. The molecule has 5 nitrogen and oxygen atoms in total. The molecule has 21 heavy (non-hydrogen) atoms. The second kappa shape index (κ2) is 8.39. The van der Waals surface area contributed by atoms with Crippen LogP contribution >= 0.6 is 12.4 Å². The first-order valence-corrected chi connectivity index (χ1v) is 7.62. The predicted octanol–water partition coefficient (Wildman–Crippen LogP) is 2.43. The lowest BCUT2D eigenvalue weighted by molar-refractivity contribution is 0.0687. The first kappa shape index (κ1) is 18.0. The van der Waals surface area contributed by atoms with Crippen LogP contribution in [0.15, 0.2) is 4.52 Å². The number of aromatic nitrogens is 1. The Balaban J connectivity index is 0.00000220. The summed E-state index contributed by atoms with van der Waals surface area (Å²) in [7, 11) is 0. The van der Waals surface area contributed by atoms with E-state index in [1.165, 1.54) is 0 Å². The van der Waals surface area contributed by atoms with E-state index in [0.29, 0.717) is 29.4 Å². The van der Waals surface area contributed by atoms with Crippen LogP contribution in [-0.4, -0.2) is 42.1 Å². The van der Waals surface area contributed by atoms with E-state index in [9.17, 15) is 4.79 Å². The predicted molar refractivity (Wildman–Crippen MR) is 85.0 cm³/mol. The molecule has 1 saturated heterocycles. The van der Waals surface area contributed by atoms with E-state index in [4.69, 9.17) is 4.52 Å². The summed E-state index contributed by atoms with van der Waals surface area (Å²) < 4.78 is 5.22. The molecule has 1 fully saturated rings. The number of nitrogens with one attached hydrogen (secondary N) is 1. The van der Waals surface area contributed by atoms with Crippen molar-refractivity contribution in [2.45, 2.75) is 40.0 Å². The second-order valence-electron chi connectivity index (χ2n) is 5.46. The molecule has 2 heterocycles. The number of nitrogens with zero attached hydrogens (tertiary/aromatic N) is 2. The van der Waals surface area contributed by atoms with Crippen molar-refractivity contribution in [3.63, 3.8) is 0 Å². The van der Waals surface area contributed by atoms with Crippen LogP contribution in [0.1, 0.15) is 48.5 Å². The van der Waals surface area contributed by atoms with Gasteiger partial charge in [0.1, 0.15) is 11.3 Å². The van der Waals surface area contributed by atoms with Crippen molar-refractivity contribution in [3.05, 3.63) is 17.0 Å². The third-order valence-corrected chi connectivity index (χ3v) is 4.05. The van der Waals surface area contributed by atoms with Gasteiger partial charge in [-0.1, -0.05) is 19.0 Å². The fourth-order valence-electron chi connectivity index (χ4n) is 2.78. The maximum atomic E-state index is 12.6. The number of hydrogen-bond acceptors (Lipinski definition) is 4. The number of carbonyl (C=O) groups is 1. The number of likely N-dealkylation sites (tertiary alicyclic amines) is 1. The number of amides is 1. The van der Waals surface area contributed by atoms with Crippen LogP contribution in [0.5, 0.6) is 0 Å². The van der Waals surface area contributed by atoms with Gasteiger partial charge in [-0.25, -0.2) is 0 Å². The Kier molecular flexibility index (Phi) is 7.18. The summed E-state index contributed by atoms with van der Waals surface area (Å²) in [6.07, 6.45) is 2.86. The zero-order valence-electron chi connectivity index (χ0n) is 13.1. The minimum absolute atomic E-state index is 0. The van der Waals surface area contributed by atoms with E-state index < -0.39 is 0 Å². The normalized spacial score (nSPS) is 15.9. The molecular formula is C15H26ClN3O2. The van der Waals surface area contributed by atoms with E-state index in [0.717, 1.165) is 39.0 Å². The first-order chi connectivity index (χ1) is 9.67. The maximum Gasteiger partial charge on any atom is 0.259 e. The molecule has 1 aliphatic rings. The first-order valence-electron chi connectivity index (χ1n) is 7.62. The Labute approximate surface area is 132 Å². The van der Waals surface area contributed by atoms with E-state index in [2.05, 4.69) is 17.4 Å². The highest BCUT2D eigenvalue weighted by Gasteiger charge is 2.27. The number of aryl methyl sites for hydroxylation is 2. The van der Waals surface area contributed by atoms with Crippen LogP contribution in [0.4, 0.5) is 0 Å². The van der Waals surface area contributed by atoms with Crippen molar-refractivity contribution in [2.75, 3.05) is 26.2 Å². The topological polar surface area (TPSA) is 58.4 Å². The summed E-state index contributed by atoms with van der Waals surface area (Å²) in [6.45, 7) is 9.70. The quantitative estimate of drug-likeness (QED) is 0.906. The summed E-state index contributed by atoms with van der Waals surface area (Å²) in [5.74, 6) is 1.48. The molecule has 1 aliphatic heterocycles. The number of piperidine rings is 1. The van der Waals surface area contributed by atoms with Crippen LogP contribution < -0.4 is 5.32 Å². The zero-order chi connectivity index (χ0) is 14.5. The highest BCUT2D eigenvalue weighted by molar-refractivity contribution is 5.96. The molecule has 0 unspecified atom stereocenters. The fourth-order valence-corrected chi connectivity index (χ4v) is 2.78. The van der Waals surface area contributed by atoms with E-state index >= 15 is 0 Å². The smallest absolute Gasteiger partial charge is 0.259 e. The van der Waals surface area contributed by atoms with Gasteiger partial charge in [-0.15, -0.1) is 12.4 Å². The van der Waals surface area contributed by atoms with Gasteiger partial charge in [0, 0.05) is 19.5 Å². The minimum Gasteiger partial charge on any atom is -0.360 e. The largest absolute Gasteiger partial charge is 0.360 e. The molecular weight excluding hydrogens is 290 g/mol. The maximum absolute atomic E-state index is 12.6. The van der Waals surface area contributed by atoms with Gasteiger partial charge in [-0.05, 0) is 38.8 Å². The molecule has 0 spiro atoms. The molecule has 6 heteroatoms. The van der Waals surface area contributed by atoms with Gasteiger partial charge in [0.2, 0.25) is 0 Å². The summed E-state index contributed by atoms with van der Waals surface area (Å²) in [4.78, 5) is 14.5. The van der Waals surface area contributed by atoms with Crippen LogP contribution in [-0.2, 0) is 6.42 Å². The Morgan fingerprint density at radius 2 is 2.05 bits per heavy atom. The third kappa shape index (κ3) is 4.20. The minimum atomic E-state index is 0. The van der Waals surface area contributed by atoms with E-state index in [-0.39, 0.29) is 18.3 Å². The highest BCUT2D eigenvalue weighted by Crippen LogP contribution is 2.22. The van der Waals surface area contributed by atoms with Crippen LogP contribution in [0.2, 0.25) is 0 Å². The van der Waals surface area contributed by atoms with E-state index in [1.807, 2.05) is 18.7 Å². The summed E-state index contributed by atoms with van der Waals surface area (Å²) in [6, 6.07) is 0. The van der Waals surface area contributed by atoms with Crippen molar-refractivity contribution in [1.29, 1.82) is 0 Å². The average Bonchev–Trinajstić information content (AvgIpc) is 2.86. The van der Waals surface area contributed by atoms with Gasteiger partial charge < -0.3 is 14.7 Å². The lowest BCUT2D eigenvalue weighted by atomic mass is 9.96. The molecule has 0 aromatic carbocycles. The SMILES string of the molecule is CCNCC1CCN(C(=O)c2c(C)noc2CC)CC1.Cl. The van der Waals surface area contributed by atoms with Crippen LogP contribution in [0, 0.1) is 12.8 Å². The molecule has 1 amide bonds. The van der Waals surface area contributed by atoms with Gasteiger partial charge >= 0.3 is 0 Å². The molecule has 1 aromatic rings. The number of halogens is 1. The van der Waals surface area contributed by atoms with Crippen molar-refractivity contribution in [1.82, 2.24) is 15.4 Å². The standard InChI is InChI=1S/C15H25N3O2.ClH/c1-4-13-14(11(3)17-20-13)15(19)18-8-6-12(7-9-18)10-16-5-2;/h12,16H,4-10H2,1-3H3;1H. The average molecular weight is 316 g/mol. The highest BCUT2D eigenvalue weighted by atomic mass is 35.5. The summed E-state index contributed by atoms with van der Waals surface area (Å²) in [5.41, 5.74) is 1.39. The Bertz CT molecular complexity index is 454. The number of carbonyl (C=O) groups excluding carboxylic acids is 1. The number of rotatable bonds is 5. The van der Waals surface area contributed by atoms with Gasteiger partial charge in [0.05, 0.1) is 5.69 Å². The molecule has 2 rings (SSSR count). The molecule has 1 N–H and O–H groups in total. The van der Waals surface area contributed by atoms with Crippen molar-refractivity contribution >= 4 is 18.3 Å². The molecule has 120 valence electrons. The molecule has 0 saturated carbocycles.